The van der Waals surface area contributed by atoms with Crippen LogP contribution in [0.3, 0.4) is 0 Å². The average molecular weight is 624 g/mol. The number of nitrogens with zero attached hydrogens (tertiary/aromatic N) is 6. The Morgan fingerprint density at radius 3 is 2.51 bits per heavy atom. The number of nitrogens with one attached hydrogen (secondary N) is 1. The highest BCUT2D eigenvalue weighted by Crippen LogP contribution is 2.40. The molecule has 0 amide bonds. The Hall–Kier alpha value is -3.35. The van der Waals surface area contributed by atoms with Crippen LogP contribution >= 0.6 is 11.6 Å². The summed E-state index contributed by atoms with van der Waals surface area (Å²) in [6.45, 7) is 10.1. The standard InChI is InChI=1S/C31H38ClN7O3S/c1-6-24-29(25-11-8-7-10-22(25)20-41-21(2)3)34-31(36-43(40)23-18-33-38(5)19-23)35-30(24)42-27-13-9-12-26(28(27)32)39-16-14-37(4)15-17-39/h7-13,18-19,21H,6,14-17,20H2,1-5H3,(H,34,35,36). The second-order valence-corrected chi connectivity index (χ2v) is 12.3. The Bertz CT molecular complexity index is 1540. The van der Waals surface area contributed by atoms with Crippen LogP contribution in [0.5, 0.6) is 11.6 Å². The minimum Gasteiger partial charge on any atom is -0.588 e. The first-order chi connectivity index (χ1) is 20.7. The molecule has 1 unspecified atom stereocenters. The molecule has 43 heavy (non-hydrogen) atoms. The summed E-state index contributed by atoms with van der Waals surface area (Å²) in [5, 5.41) is 4.66. The summed E-state index contributed by atoms with van der Waals surface area (Å²) in [6, 6.07) is 13.8. The summed E-state index contributed by atoms with van der Waals surface area (Å²) in [4.78, 5) is 14.7. The van der Waals surface area contributed by atoms with E-state index in [1.54, 1.807) is 24.1 Å². The van der Waals surface area contributed by atoms with Crippen molar-refractivity contribution in [3.63, 3.8) is 0 Å². The van der Waals surface area contributed by atoms with Crippen molar-refractivity contribution in [1.29, 1.82) is 0 Å². The highest BCUT2D eigenvalue weighted by Gasteiger charge is 2.24. The van der Waals surface area contributed by atoms with Crippen molar-refractivity contribution in [3.8, 4) is 22.9 Å². The molecular weight excluding hydrogens is 586 g/mol. The molecule has 0 radical (unpaired) electrons. The van der Waals surface area contributed by atoms with Crippen molar-refractivity contribution in [1.82, 2.24) is 24.6 Å². The largest absolute Gasteiger partial charge is 0.588 e. The third-order valence-electron chi connectivity index (χ3n) is 7.24. The van der Waals surface area contributed by atoms with Gasteiger partial charge in [0.1, 0.15) is 28.3 Å². The number of benzene rings is 2. The minimum absolute atomic E-state index is 0.0665. The van der Waals surface area contributed by atoms with Gasteiger partial charge in [-0.15, -0.1) is 0 Å². The van der Waals surface area contributed by atoms with Crippen molar-refractivity contribution in [2.75, 3.05) is 42.8 Å². The summed E-state index contributed by atoms with van der Waals surface area (Å²) < 4.78 is 30.2. The van der Waals surface area contributed by atoms with Crippen LogP contribution in [0.4, 0.5) is 11.6 Å². The number of hydrogen-bond donors (Lipinski definition) is 1. The van der Waals surface area contributed by atoms with Crippen molar-refractivity contribution >= 4 is 34.6 Å². The molecule has 2 aromatic heterocycles. The van der Waals surface area contributed by atoms with Crippen LogP contribution in [0.2, 0.25) is 5.02 Å². The fraction of sp³-hybridized carbons (Fsp3) is 0.387. The molecule has 1 aliphatic heterocycles. The Morgan fingerprint density at radius 1 is 1.05 bits per heavy atom. The maximum atomic E-state index is 13.2. The number of hydrogen-bond acceptors (Lipinski definition) is 9. The Balaban J connectivity index is 1.57. The topological polar surface area (TPSA) is 104 Å². The molecule has 1 N–H and O–H groups in total. The number of rotatable bonds is 11. The van der Waals surface area contributed by atoms with E-state index in [4.69, 9.17) is 31.0 Å². The zero-order valence-corrected chi connectivity index (χ0v) is 26.8. The molecular formula is C31H38ClN7O3S. The van der Waals surface area contributed by atoms with Gasteiger partial charge in [-0.05, 0) is 45.0 Å². The molecule has 0 aliphatic carbocycles. The van der Waals surface area contributed by atoms with E-state index in [1.165, 1.54) is 0 Å². The van der Waals surface area contributed by atoms with Crippen LogP contribution in [-0.4, -0.2) is 68.5 Å². The number of ether oxygens (including phenoxy) is 2. The van der Waals surface area contributed by atoms with E-state index < -0.39 is 11.4 Å². The van der Waals surface area contributed by atoms with Crippen LogP contribution in [0.25, 0.3) is 11.3 Å². The number of halogens is 1. The van der Waals surface area contributed by atoms with Gasteiger partial charge in [0.05, 0.1) is 30.3 Å². The van der Waals surface area contributed by atoms with Crippen molar-refractivity contribution in [3.05, 3.63) is 71.0 Å². The molecule has 1 fully saturated rings. The third kappa shape index (κ3) is 7.42. The van der Waals surface area contributed by atoms with E-state index in [0.717, 1.165) is 48.6 Å². The van der Waals surface area contributed by atoms with Gasteiger partial charge in [0, 0.05) is 44.4 Å². The van der Waals surface area contributed by atoms with E-state index in [1.807, 2.05) is 63.2 Å². The first-order valence-electron chi connectivity index (χ1n) is 14.4. The third-order valence-corrected chi connectivity index (χ3v) is 8.63. The van der Waals surface area contributed by atoms with Crippen LogP contribution in [-0.2, 0) is 36.2 Å². The molecule has 2 aromatic carbocycles. The lowest BCUT2D eigenvalue weighted by atomic mass is 10.00. The molecule has 1 aliphatic rings. The first kappa shape index (κ1) is 31.1. The lowest BCUT2D eigenvalue weighted by molar-refractivity contribution is 0.0659. The monoisotopic (exact) mass is 623 g/mol. The number of likely N-dealkylation sites (N-methyl/N-ethyl adjacent to an activating group) is 1. The summed E-state index contributed by atoms with van der Waals surface area (Å²) in [5.41, 5.74) is 4.26. The van der Waals surface area contributed by atoms with Crippen molar-refractivity contribution in [2.45, 2.75) is 44.8 Å². The van der Waals surface area contributed by atoms with Crippen LogP contribution in [0, 0.1) is 0 Å². The van der Waals surface area contributed by atoms with Gasteiger partial charge in [-0.1, -0.05) is 48.9 Å². The average Bonchev–Trinajstić information content (AvgIpc) is 3.44. The van der Waals surface area contributed by atoms with Crippen LogP contribution < -0.4 is 14.4 Å². The predicted octanol–water partition coefficient (Wildman–Crippen LogP) is 5.70. The van der Waals surface area contributed by atoms with E-state index in [2.05, 4.69) is 26.7 Å². The molecule has 0 saturated carbocycles. The summed E-state index contributed by atoms with van der Waals surface area (Å²) in [6.07, 6.45) is 3.89. The number of piperazine rings is 1. The van der Waals surface area contributed by atoms with Gasteiger partial charge in [0.2, 0.25) is 10.8 Å². The second-order valence-electron chi connectivity index (χ2n) is 10.8. The quantitative estimate of drug-likeness (QED) is 0.211. The molecule has 0 spiro atoms. The molecule has 1 atom stereocenters. The fourth-order valence-corrected chi connectivity index (χ4v) is 5.93. The van der Waals surface area contributed by atoms with Gasteiger partial charge in [-0.2, -0.15) is 14.8 Å². The zero-order valence-electron chi connectivity index (χ0n) is 25.2. The maximum Gasteiger partial charge on any atom is 0.269 e. The van der Waals surface area contributed by atoms with Crippen LogP contribution in [0.15, 0.2) is 59.8 Å². The van der Waals surface area contributed by atoms with Crippen molar-refractivity contribution < 1.29 is 14.0 Å². The van der Waals surface area contributed by atoms with E-state index >= 15 is 0 Å². The lowest BCUT2D eigenvalue weighted by Gasteiger charge is -2.34. The van der Waals surface area contributed by atoms with Gasteiger partial charge < -0.3 is 23.8 Å². The minimum atomic E-state index is -1.65. The van der Waals surface area contributed by atoms with Gasteiger partial charge in [0.25, 0.3) is 5.95 Å². The first-order valence-corrected chi connectivity index (χ1v) is 15.9. The zero-order chi connectivity index (χ0) is 30.5. The van der Waals surface area contributed by atoms with Gasteiger partial charge in [-0.3, -0.25) is 4.68 Å². The Kier molecular flexibility index (Phi) is 10.1. The number of aromatic nitrogens is 4. The van der Waals surface area contributed by atoms with E-state index in [-0.39, 0.29) is 12.1 Å². The number of aryl methyl sites for hydroxylation is 1. The fourth-order valence-electron chi connectivity index (χ4n) is 4.88. The predicted molar refractivity (Wildman–Crippen MR) is 171 cm³/mol. The van der Waals surface area contributed by atoms with Gasteiger partial charge >= 0.3 is 0 Å². The van der Waals surface area contributed by atoms with Gasteiger partial charge in [-0.25, -0.2) is 4.98 Å². The van der Waals surface area contributed by atoms with E-state index in [9.17, 15) is 4.55 Å². The normalized spacial score (nSPS) is 14.7. The summed E-state index contributed by atoms with van der Waals surface area (Å²) in [7, 11) is 3.89. The molecule has 12 heteroatoms. The summed E-state index contributed by atoms with van der Waals surface area (Å²) >= 11 is 5.32. The molecule has 4 aromatic rings. The molecule has 0 bridgehead atoms. The van der Waals surface area contributed by atoms with Crippen molar-refractivity contribution in [2.24, 2.45) is 7.05 Å². The SMILES string of the molecule is CCc1c(Oc2cccc(N3CCN(C)CC3)c2Cl)nc(N[S+]([O-])c2cnn(C)c2)nc1-c1ccccc1COC(C)C. The molecule has 228 valence electrons. The molecule has 10 nitrogen and oxygen atoms in total. The Morgan fingerprint density at radius 2 is 1.81 bits per heavy atom. The molecule has 3 heterocycles. The van der Waals surface area contributed by atoms with E-state index in [0.29, 0.717) is 40.3 Å². The number of anilines is 2. The molecule has 5 rings (SSSR count). The second kappa shape index (κ2) is 14.0. The van der Waals surface area contributed by atoms with Gasteiger partial charge in [0.15, 0.2) is 0 Å². The Labute approximate surface area is 261 Å². The lowest BCUT2D eigenvalue weighted by Crippen LogP contribution is -2.44. The summed E-state index contributed by atoms with van der Waals surface area (Å²) in [5.74, 6) is 0.999. The highest BCUT2D eigenvalue weighted by atomic mass is 35.5. The highest BCUT2D eigenvalue weighted by molar-refractivity contribution is 7.92. The smallest absolute Gasteiger partial charge is 0.269 e. The molecule has 1 saturated heterocycles. The van der Waals surface area contributed by atoms with Crippen LogP contribution in [0.1, 0.15) is 31.9 Å². The maximum absolute atomic E-state index is 13.2.